The van der Waals surface area contributed by atoms with Crippen molar-refractivity contribution in [3.63, 3.8) is 0 Å². The van der Waals surface area contributed by atoms with Gasteiger partial charge in [-0.05, 0) is 25.0 Å². The van der Waals surface area contributed by atoms with Gasteiger partial charge < -0.3 is 10.4 Å². The number of carboxylic acids is 1. The molecule has 0 bridgehead atoms. The second-order valence-electron chi connectivity index (χ2n) is 3.38. The van der Waals surface area contributed by atoms with Gasteiger partial charge in [-0.1, -0.05) is 13.0 Å². The first-order valence-corrected chi connectivity index (χ1v) is 6.48. The van der Waals surface area contributed by atoms with Gasteiger partial charge in [-0.3, -0.25) is 4.79 Å². The number of nitrogens with one attached hydrogen (secondary N) is 1. The van der Waals surface area contributed by atoms with Crippen LogP contribution < -0.4 is 5.32 Å². The van der Waals surface area contributed by atoms with E-state index in [4.69, 9.17) is 5.11 Å². The molecular weight excluding hydrogens is 226 g/mol. The Labute approximate surface area is 100 Å². The Morgan fingerprint density at radius 3 is 2.75 bits per heavy atom. The first-order valence-electron chi connectivity index (χ1n) is 5.32. The summed E-state index contributed by atoms with van der Waals surface area (Å²) in [5.74, 6) is 0.0365. The maximum absolute atomic E-state index is 11.4. The van der Waals surface area contributed by atoms with E-state index < -0.39 is 12.0 Å². The quantitative estimate of drug-likeness (QED) is 0.479. The van der Waals surface area contributed by atoms with Crippen molar-refractivity contribution in [1.29, 1.82) is 0 Å². The maximum atomic E-state index is 11.4. The van der Waals surface area contributed by atoms with Crippen LogP contribution in [0.1, 0.15) is 26.2 Å². The molecule has 0 heterocycles. The molecule has 0 spiro atoms. The van der Waals surface area contributed by atoms with Crippen molar-refractivity contribution in [3.8, 4) is 0 Å². The molecule has 0 aromatic heterocycles. The summed E-state index contributed by atoms with van der Waals surface area (Å²) in [6.07, 6.45) is 3.63. The van der Waals surface area contributed by atoms with Crippen LogP contribution in [0.25, 0.3) is 0 Å². The van der Waals surface area contributed by atoms with Crippen LogP contribution in [0.15, 0.2) is 12.7 Å². The van der Waals surface area contributed by atoms with Gasteiger partial charge in [0.2, 0.25) is 5.91 Å². The van der Waals surface area contributed by atoms with Crippen LogP contribution in [-0.2, 0) is 9.59 Å². The highest BCUT2D eigenvalue weighted by molar-refractivity contribution is 7.99. The van der Waals surface area contributed by atoms with E-state index in [1.807, 2.05) is 6.92 Å². The molecule has 0 aliphatic heterocycles. The first kappa shape index (κ1) is 15.0. The molecule has 0 saturated carbocycles. The average molecular weight is 245 g/mol. The Hall–Kier alpha value is -0.970. The molecule has 92 valence electrons. The Morgan fingerprint density at radius 1 is 1.56 bits per heavy atom. The van der Waals surface area contributed by atoms with E-state index >= 15 is 0 Å². The third-order valence-electron chi connectivity index (χ3n) is 1.87. The summed E-state index contributed by atoms with van der Waals surface area (Å²) in [7, 11) is 0. The molecule has 2 N–H and O–H groups in total. The minimum atomic E-state index is -0.990. The van der Waals surface area contributed by atoms with Crippen LogP contribution >= 0.6 is 11.8 Å². The lowest BCUT2D eigenvalue weighted by atomic mass is 10.1. The van der Waals surface area contributed by atoms with Gasteiger partial charge in [0, 0.05) is 0 Å². The molecule has 0 aromatic rings. The molecule has 1 atom stereocenters. The van der Waals surface area contributed by atoms with Gasteiger partial charge >= 0.3 is 5.97 Å². The van der Waals surface area contributed by atoms with Gasteiger partial charge in [-0.2, -0.15) is 11.8 Å². The largest absolute Gasteiger partial charge is 0.480 e. The zero-order valence-corrected chi connectivity index (χ0v) is 10.4. The average Bonchev–Trinajstić information content (AvgIpc) is 2.24. The summed E-state index contributed by atoms with van der Waals surface area (Å²) in [5, 5.41) is 11.4. The lowest BCUT2D eigenvalue weighted by molar-refractivity contribution is -0.141. The number of amides is 1. The molecule has 16 heavy (non-hydrogen) atoms. The van der Waals surface area contributed by atoms with Crippen LogP contribution in [-0.4, -0.2) is 34.5 Å². The van der Waals surface area contributed by atoms with E-state index in [2.05, 4.69) is 11.9 Å². The van der Waals surface area contributed by atoms with Crippen LogP contribution in [0.5, 0.6) is 0 Å². The third kappa shape index (κ3) is 7.34. The lowest BCUT2D eigenvalue weighted by Gasteiger charge is -2.13. The summed E-state index contributed by atoms with van der Waals surface area (Å²) in [4.78, 5) is 22.2. The number of hydrogen-bond acceptors (Lipinski definition) is 3. The van der Waals surface area contributed by atoms with Crippen LogP contribution in [0.3, 0.4) is 0 Å². The van der Waals surface area contributed by atoms with Gasteiger partial charge in [-0.15, -0.1) is 6.58 Å². The zero-order chi connectivity index (χ0) is 12.4. The number of carbonyl (C=O) groups excluding carboxylic acids is 1. The first-order chi connectivity index (χ1) is 7.61. The van der Waals surface area contributed by atoms with Crippen molar-refractivity contribution in [1.82, 2.24) is 5.32 Å². The second-order valence-corrected chi connectivity index (χ2v) is 4.48. The monoisotopic (exact) mass is 245 g/mol. The highest BCUT2D eigenvalue weighted by Crippen LogP contribution is 2.03. The Balaban J connectivity index is 3.93. The topological polar surface area (TPSA) is 66.4 Å². The summed E-state index contributed by atoms with van der Waals surface area (Å²) in [6, 6.07) is -0.798. The van der Waals surface area contributed by atoms with E-state index in [9.17, 15) is 9.59 Å². The number of allylic oxidation sites excluding steroid dienone is 1. The van der Waals surface area contributed by atoms with E-state index in [-0.39, 0.29) is 5.91 Å². The third-order valence-corrected chi connectivity index (χ3v) is 3.04. The maximum Gasteiger partial charge on any atom is 0.326 e. The Bertz CT molecular complexity index is 243. The van der Waals surface area contributed by atoms with Crippen molar-refractivity contribution in [3.05, 3.63) is 12.7 Å². The van der Waals surface area contributed by atoms with Crippen LogP contribution in [0.2, 0.25) is 0 Å². The predicted octanol–water partition coefficient (Wildman–Crippen LogP) is 1.67. The van der Waals surface area contributed by atoms with E-state index in [1.54, 1.807) is 6.08 Å². The fourth-order valence-corrected chi connectivity index (χ4v) is 1.79. The molecule has 0 aliphatic carbocycles. The van der Waals surface area contributed by atoms with E-state index in [0.717, 1.165) is 12.2 Å². The van der Waals surface area contributed by atoms with Gasteiger partial charge in [0.05, 0.1) is 5.75 Å². The second kappa shape index (κ2) is 9.27. The molecule has 0 fully saturated rings. The molecule has 1 unspecified atom stereocenters. The molecule has 0 radical (unpaired) electrons. The molecule has 0 rings (SSSR count). The van der Waals surface area contributed by atoms with Gasteiger partial charge in [0.1, 0.15) is 6.04 Å². The number of rotatable bonds is 9. The molecule has 0 aromatic carbocycles. The number of thioether (sulfide) groups is 1. The van der Waals surface area contributed by atoms with Crippen molar-refractivity contribution in [2.24, 2.45) is 0 Å². The number of hydrogen-bond donors (Lipinski definition) is 2. The lowest BCUT2D eigenvalue weighted by Crippen LogP contribution is -2.41. The number of carboxylic acid groups (broad SMARTS) is 1. The smallest absolute Gasteiger partial charge is 0.326 e. The molecule has 0 aliphatic rings. The molecular formula is C11H19NO3S. The standard InChI is InChI=1S/C11H19NO3S/c1-3-5-6-9(11(14)15)12-10(13)8-16-7-4-2/h3,9H,1,4-8H2,2H3,(H,12,13)(H,14,15). The summed E-state index contributed by atoms with van der Waals surface area (Å²) < 4.78 is 0. The highest BCUT2D eigenvalue weighted by Gasteiger charge is 2.18. The fourth-order valence-electron chi connectivity index (χ4n) is 1.09. The van der Waals surface area contributed by atoms with E-state index in [1.165, 1.54) is 11.8 Å². The molecule has 5 heteroatoms. The molecule has 0 saturated heterocycles. The van der Waals surface area contributed by atoms with Gasteiger partial charge in [0.25, 0.3) is 0 Å². The number of carbonyl (C=O) groups is 2. The van der Waals surface area contributed by atoms with Gasteiger partial charge in [0.15, 0.2) is 0 Å². The minimum absolute atomic E-state index is 0.213. The number of aliphatic carboxylic acids is 1. The molecule has 1 amide bonds. The Morgan fingerprint density at radius 2 is 2.25 bits per heavy atom. The van der Waals surface area contributed by atoms with Crippen molar-refractivity contribution < 1.29 is 14.7 Å². The normalized spacial score (nSPS) is 11.8. The van der Waals surface area contributed by atoms with Crippen molar-refractivity contribution >= 4 is 23.6 Å². The Kier molecular flexibility index (Phi) is 8.71. The van der Waals surface area contributed by atoms with Crippen molar-refractivity contribution in [2.75, 3.05) is 11.5 Å². The summed E-state index contributed by atoms with van der Waals surface area (Å²) >= 11 is 1.51. The van der Waals surface area contributed by atoms with Crippen LogP contribution in [0.4, 0.5) is 0 Å². The fraction of sp³-hybridized carbons (Fsp3) is 0.636. The summed E-state index contributed by atoms with van der Waals surface area (Å²) in [6.45, 7) is 5.56. The predicted molar refractivity (Wildman–Crippen MR) is 66.6 cm³/mol. The SMILES string of the molecule is C=CCCC(NC(=O)CSCCC)C(=O)O. The summed E-state index contributed by atoms with van der Waals surface area (Å²) in [5.41, 5.74) is 0. The van der Waals surface area contributed by atoms with Crippen molar-refractivity contribution in [2.45, 2.75) is 32.2 Å². The van der Waals surface area contributed by atoms with Gasteiger partial charge in [-0.25, -0.2) is 4.79 Å². The minimum Gasteiger partial charge on any atom is -0.480 e. The zero-order valence-electron chi connectivity index (χ0n) is 9.57. The molecule has 4 nitrogen and oxygen atoms in total. The highest BCUT2D eigenvalue weighted by atomic mass is 32.2. The van der Waals surface area contributed by atoms with E-state index in [0.29, 0.717) is 18.6 Å². The van der Waals surface area contributed by atoms with Crippen LogP contribution in [0, 0.1) is 0 Å².